The first-order chi connectivity index (χ1) is 13.6. The number of nitrogens with zero attached hydrogens (tertiary/aromatic N) is 3. The Morgan fingerprint density at radius 3 is 2.25 bits per heavy atom. The van der Waals surface area contributed by atoms with Crippen LogP contribution < -0.4 is 5.43 Å². The summed E-state index contributed by atoms with van der Waals surface area (Å²) in [4.78, 5) is 27.4. The Bertz CT molecular complexity index is 813. The number of aromatic carboxylic acids is 1. The second kappa shape index (κ2) is 9.77. The highest BCUT2D eigenvalue weighted by molar-refractivity contribution is 5.89. The Hall–Kier alpha value is -3.03. The first kappa shape index (κ1) is 19.7. The molecule has 7 nitrogen and oxygen atoms in total. The van der Waals surface area contributed by atoms with Gasteiger partial charge in [-0.2, -0.15) is 5.10 Å². The van der Waals surface area contributed by atoms with Gasteiger partial charge in [0.2, 0.25) is 0 Å². The Labute approximate surface area is 164 Å². The van der Waals surface area contributed by atoms with Crippen molar-refractivity contribution < 1.29 is 14.7 Å². The fourth-order valence-electron chi connectivity index (χ4n) is 3.08. The summed E-state index contributed by atoms with van der Waals surface area (Å²) in [5.41, 5.74) is 4.77. The molecule has 0 aromatic heterocycles. The summed E-state index contributed by atoms with van der Waals surface area (Å²) < 4.78 is 0. The zero-order chi connectivity index (χ0) is 19.8. The Morgan fingerprint density at radius 1 is 0.964 bits per heavy atom. The minimum absolute atomic E-state index is 0.157. The Balaban J connectivity index is 1.38. The molecule has 1 heterocycles. The van der Waals surface area contributed by atoms with Crippen LogP contribution >= 0.6 is 0 Å². The van der Waals surface area contributed by atoms with Gasteiger partial charge in [-0.15, -0.1) is 0 Å². The smallest absolute Gasteiger partial charge is 0.335 e. The van der Waals surface area contributed by atoms with E-state index in [9.17, 15) is 9.59 Å². The average molecular weight is 380 g/mol. The lowest BCUT2D eigenvalue weighted by atomic mass is 10.1. The summed E-state index contributed by atoms with van der Waals surface area (Å²) in [5.74, 6) is -1.13. The van der Waals surface area contributed by atoms with Gasteiger partial charge in [0.25, 0.3) is 5.91 Å². The van der Waals surface area contributed by atoms with Gasteiger partial charge in [-0.25, -0.2) is 10.2 Å². The normalized spacial score (nSPS) is 15.6. The molecule has 2 N–H and O–H groups in total. The van der Waals surface area contributed by atoms with E-state index in [1.165, 1.54) is 23.9 Å². The number of hydrogen-bond donors (Lipinski definition) is 2. The summed E-state index contributed by atoms with van der Waals surface area (Å²) in [6, 6.07) is 16.7. The minimum Gasteiger partial charge on any atom is -0.478 e. The first-order valence-electron chi connectivity index (χ1n) is 9.24. The van der Waals surface area contributed by atoms with Crippen molar-refractivity contribution in [2.45, 2.75) is 6.54 Å². The average Bonchev–Trinajstić information content (AvgIpc) is 2.71. The number of nitrogens with one attached hydrogen (secondary N) is 1. The third-order valence-corrected chi connectivity index (χ3v) is 4.64. The van der Waals surface area contributed by atoms with Crippen molar-refractivity contribution in [3.8, 4) is 0 Å². The van der Waals surface area contributed by atoms with Gasteiger partial charge in [0, 0.05) is 32.7 Å². The number of carbonyl (C=O) groups excluding carboxylic acids is 1. The third-order valence-electron chi connectivity index (χ3n) is 4.64. The van der Waals surface area contributed by atoms with E-state index in [2.05, 4.69) is 44.6 Å². The summed E-state index contributed by atoms with van der Waals surface area (Å²) in [7, 11) is 0. The van der Waals surface area contributed by atoms with Gasteiger partial charge in [-0.1, -0.05) is 42.5 Å². The maximum Gasteiger partial charge on any atom is 0.335 e. The fraction of sp³-hybridized carbons (Fsp3) is 0.286. The maximum absolute atomic E-state index is 12.1. The molecule has 0 bridgehead atoms. The SMILES string of the molecule is O=C(CN1CCN(Cc2ccccc2)CC1)N/N=C\c1ccc(C(=O)O)cc1. The first-order valence-corrected chi connectivity index (χ1v) is 9.24. The lowest BCUT2D eigenvalue weighted by molar-refractivity contribution is -0.122. The van der Waals surface area contributed by atoms with Gasteiger partial charge in [0.1, 0.15) is 0 Å². The molecule has 0 atom stereocenters. The summed E-state index contributed by atoms with van der Waals surface area (Å²) in [5, 5.41) is 12.8. The van der Waals surface area contributed by atoms with E-state index in [1.807, 2.05) is 6.07 Å². The molecule has 0 radical (unpaired) electrons. The van der Waals surface area contributed by atoms with Gasteiger partial charge in [-0.05, 0) is 23.3 Å². The number of benzene rings is 2. The molecule has 3 rings (SSSR count). The highest BCUT2D eigenvalue weighted by Crippen LogP contribution is 2.08. The van der Waals surface area contributed by atoms with E-state index in [-0.39, 0.29) is 11.5 Å². The van der Waals surface area contributed by atoms with Gasteiger partial charge in [0.15, 0.2) is 0 Å². The Morgan fingerprint density at radius 2 is 1.61 bits per heavy atom. The Kier molecular flexibility index (Phi) is 6.89. The van der Waals surface area contributed by atoms with Crippen LogP contribution in [-0.2, 0) is 11.3 Å². The predicted octanol–water partition coefficient (Wildman–Crippen LogP) is 1.65. The number of hydrazone groups is 1. The van der Waals surface area contributed by atoms with Crippen molar-refractivity contribution in [2.24, 2.45) is 5.10 Å². The van der Waals surface area contributed by atoms with Gasteiger partial charge >= 0.3 is 5.97 Å². The van der Waals surface area contributed by atoms with Crippen LogP contribution in [0.2, 0.25) is 0 Å². The summed E-state index contributed by atoms with van der Waals surface area (Å²) in [6.07, 6.45) is 1.50. The van der Waals surface area contributed by atoms with Crippen LogP contribution in [0.5, 0.6) is 0 Å². The fourth-order valence-corrected chi connectivity index (χ4v) is 3.08. The number of amides is 1. The van der Waals surface area contributed by atoms with Crippen LogP contribution in [-0.4, -0.2) is 65.7 Å². The van der Waals surface area contributed by atoms with Crippen LogP contribution in [0.15, 0.2) is 59.7 Å². The van der Waals surface area contributed by atoms with Crippen molar-refractivity contribution in [3.63, 3.8) is 0 Å². The molecule has 2 aromatic carbocycles. The topological polar surface area (TPSA) is 85.2 Å². The van der Waals surface area contributed by atoms with Crippen LogP contribution in [0.4, 0.5) is 0 Å². The van der Waals surface area contributed by atoms with Crippen molar-refractivity contribution >= 4 is 18.1 Å². The van der Waals surface area contributed by atoms with Crippen molar-refractivity contribution in [3.05, 3.63) is 71.3 Å². The molecule has 7 heteroatoms. The number of piperazine rings is 1. The summed E-state index contributed by atoms with van der Waals surface area (Å²) >= 11 is 0. The highest BCUT2D eigenvalue weighted by Gasteiger charge is 2.18. The molecule has 146 valence electrons. The number of carboxylic acid groups (broad SMARTS) is 1. The molecule has 1 amide bonds. The molecule has 1 aliphatic heterocycles. The molecule has 2 aromatic rings. The van der Waals surface area contributed by atoms with E-state index < -0.39 is 5.97 Å². The quantitative estimate of drug-likeness (QED) is 0.564. The van der Waals surface area contributed by atoms with E-state index >= 15 is 0 Å². The minimum atomic E-state index is -0.972. The molecular formula is C21H24N4O3. The maximum atomic E-state index is 12.1. The van der Waals surface area contributed by atoms with Crippen molar-refractivity contribution in [1.29, 1.82) is 0 Å². The highest BCUT2D eigenvalue weighted by atomic mass is 16.4. The molecule has 0 unspecified atom stereocenters. The zero-order valence-corrected chi connectivity index (χ0v) is 15.6. The standard InChI is InChI=1S/C21H24N4O3/c26-20(23-22-14-17-6-8-19(9-7-17)21(27)28)16-25-12-10-24(11-13-25)15-18-4-2-1-3-5-18/h1-9,14H,10-13,15-16H2,(H,23,26)(H,27,28)/b22-14-. The molecule has 0 saturated carbocycles. The molecular weight excluding hydrogens is 356 g/mol. The van der Waals surface area contributed by atoms with E-state index in [0.717, 1.165) is 38.3 Å². The number of carboxylic acids is 1. The van der Waals surface area contributed by atoms with Crippen LogP contribution in [0.25, 0.3) is 0 Å². The van der Waals surface area contributed by atoms with Crippen molar-refractivity contribution in [1.82, 2.24) is 15.2 Å². The molecule has 0 spiro atoms. The monoisotopic (exact) mass is 380 g/mol. The second-order valence-electron chi connectivity index (χ2n) is 6.76. The molecule has 28 heavy (non-hydrogen) atoms. The lowest BCUT2D eigenvalue weighted by Gasteiger charge is -2.34. The zero-order valence-electron chi connectivity index (χ0n) is 15.6. The van der Waals surface area contributed by atoms with E-state index in [0.29, 0.717) is 6.54 Å². The van der Waals surface area contributed by atoms with Gasteiger partial charge < -0.3 is 5.11 Å². The summed E-state index contributed by atoms with van der Waals surface area (Å²) in [6.45, 7) is 4.81. The number of hydrogen-bond acceptors (Lipinski definition) is 5. The molecule has 0 aliphatic carbocycles. The largest absolute Gasteiger partial charge is 0.478 e. The van der Waals surface area contributed by atoms with Crippen molar-refractivity contribution in [2.75, 3.05) is 32.7 Å². The van der Waals surface area contributed by atoms with Crippen LogP contribution in [0.1, 0.15) is 21.5 Å². The predicted molar refractivity (Wildman–Crippen MR) is 107 cm³/mol. The lowest BCUT2D eigenvalue weighted by Crippen LogP contribution is -2.48. The molecule has 1 fully saturated rings. The van der Waals surface area contributed by atoms with E-state index in [1.54, 1.807) is 12.1 Å². The molecule has 1 aliphatic rings. The number of rotatable bonds is 7. The number of carbonyl (C=O) groups is 2. The van der Waals surface area contributed by atoms with Crippen LogP contribution in [0.3, 0.4) is 0 Å². The third kappa shape index (κ3) is 6.00. The van der Waals surface area contributed by atoms with Gasteiger partial charge in [0.05, 0.1) is 18.3 Å². The van der Waals surface area contributed by atoms with Gasteiger partial charge in [-0.3, -0.25) is 14.6 Å². The molecule has 1 saturated heterocycles. The van der Waals surface area contributed by atoms with Crippen LogP contribution in [0, 0.1) is 0 Å². The second-order valence-corrected chi connectivity index (χ2v) is 6.76. The van der Waals surface area contributed by atoms with E-state index in [4.69, 9.17) is 5.11 Å².